The molecule has 142 valence electrons. The minimum Gasteiger partial charge on any atom is -0.502 e. The summed E-state index contributed by atoms with van der Waals surface area (Å²) in [5.74, 6) is 0.670. The average molecular weight is 372 g/mol. The van der Waals surface area contributed by atoms with Crippen molar-refractivity contribution < 1.29 is 28.9 Å². The number of terminal acetylenes is 1. The summed E-state index contributed by atoms with van der Waals surface area (Å²) in [6.45, 7) is 1.39. The second kappa shape index (κ2) is 9.46. The Morgan fingerprint density at radius 1 is 1.37 bits per heavy atom. The predicted octanol–water partition coefficient (Wildman–Crippen LogP) is 1.93. The van der Waals surface area contributed by atoms with Gasteiger partial charge < -0.3 is 24.1 Å². The smallest absolute Gasteiger partial charge is 0.306 e. The van der Waals surface area contributed by atoms with Gasteiger partial charge in [-0.3, -0.25) is 9.59 Å². The minimum absolute atomic E-state index is 0.0265. The van der Waals surface area contributed by atoms with E-state index in [0.717, 1.165) is 6.07 Å². The Hall–Kier alpha value is -3.24. The summed E-state index contributed by atoms with van der Waals surface area (Å²) in [6.07, 6.45) is 5.01. The molecule has 2 aromatic rings. The van der Waals surface area contributed by atoms with Crippen LogP contribution in [0.4, 0.5) is 0 Å². The molecule has 0 saturated carbocycles. The molecule has 0 fully saturated rings. The van der Waals surface area contributed by atoms with Crippen LogP contribution in [0.25, 0.3) is 0 Å². The second-order valence-corrected chi connectivity index (χ2v) is 5.57. The molecule has 0 radical (unpaired) electrons. The first-order valence-electron chi connectivity index (χ1n) is 8.28. The van der Waals surface area contributed by atoms with Crippen molar-refractivity contribution in [1.82, 2.24) is 0 Å². The highest BCUT2D eigenvalue weighted by Gasteiger charge is 2.27. The molecule has 2 rings (SSSR count). The van der Waals surface area contributed by atoms with Gasteiger partial charge in [0, 0.05) is 6.07 Å². The van der Waals surface area contributed by atoms with E-state index in [0.29, 0.717) is 11.3 Å². The Bertz CT molecular complexity index is 892. The summed E-state index contributed by atoms with van der Waals surface area (Å²) >= 11 is 0. The molecule has 0 aliphatic heterocycles. The van der Waals surface area contributed by atoms with Crippen LogP contribution in [0.1, 0.15) is 36.3 Å². The highest BCUT2D eigenvalue weighted by atomic mass is 16.5. The molecule has 2 N–H and O–H groups in total. The van der Waals surface area contributed by atoms with Crippen LogP contribution in [0, 0.1) is 12.3 Å². The Kier molecular flexibility index (Phi) is 7.03. The highest BCUT2D eigenvalue weighted by Crippen LogP contribution is 2.34. The Morgan fingerprint density at radius 2 is 2.15 bits per heavy atom. The standard InChI is InChI=1S/C20H20O7/c1-3-8-26-14-7-5-6-13(9-14)16(11-18(23)25-4-2)20-19(24)17(22)10-15(12-21)27-20/h1,5-7,9-10,16,21,24H,4,8,11-12H2,2H3/t16-/m1/s1. The summed E-state index contributed by atoms with van der Waals surface area (Å²) in [7, 11) is 0. The van der Waals surface area contributed by atoms with Crippen molar-refractivity contribution in [2.45, 2.75) is 25.9 Å². The van der Waals surface area contributed by atoms with E-state index >= 15 is 0 Å². The number of esters is 1. The van der Waals surface area contributed by atoms with Crippen LogP contribution in [0.15, 0.2) is 39.5 Å². The molecule has 0 unspecified atom stereocenters. The van der Waals surface area contributed by atoms with Gasteiger partial charge in [-0.25, -0.2) is 0 Å². The van der Waals surface area contributed by atoms with E-state index in [2.05, 4.69) is 5.92 Å². The number of carbonyl (C=O) groups is 1. The molecule has 0 saturated heterocycles. The third-order valence-corrected chi connectivity index (χ3v) is 3.73. The van der Waals surface area contributed by atoms with Crippen molar-refractivity contribution in [2.75, 3.05) is 13.2 Å². The number of aliphatic hydroxyl groups excluding tert-OH is 1. The van der Waals surface area contributed by atoms with Crippen LogP contribution < -0.4 is 10.2 Å². The molecule has 0 bridgehead atoms. The van der Waals surface area contributed by atoms with Crippen molar-refractivity contribution >= 4 is 5.97 Å². The topological polar surface area (TPSA) is 106 Å². The monoisotopic (exact) mass is 372 g/mol. The van der Waals surface area contributed by atoms with Crippen molar-refractivity contribution in [1.29, 1.82) is 0 Å². The molecule has 7 heteroatoms. The largest absolute Gasteiger partial charge is 0.502 e. The Labute approximate surface area is 156 Å². The first kappa shape index (κ1) is 20.1. The Morgan fingerprint density at radius 3 is 2.81 bits per heavy atom. The number of hydrogen-bond acceptors (Lipinski definition) is 7. The lowest BCUT2D eigenvalue weighted by Gasteiger charge is -2.18. The van der Waals surface area contributed by atoms with Crippen LogP contribution in [0.2, 0.25) is 0 Å². The van der Waals surface area contributed by atoms with E-state index in [4.69, 9.17) is 20.3 Å². The van der Waals surface area contributed by atoms with Crippen LogP contribution >= 0.6 is 0 Å². The van der Waals surface area contributed by atoms with Crippen molar-refractivity contribution in [3.05, 3.63) is 57.6 Å². The summed E-state index contributed by atoms with van der Waals surface area (Å²) in [4.78, 5) is 24.1. The molecule has 1 aromatic carbocycles. The van der Waals surface area contributed by atoms with Crippen LogP contribution in [-0.4, -0.2) is 29.4 Å². The predicted molar refractivity (Wildman–Crippen MR) is 96.4 cm³/mol. The lowest BCUT2D eigenvalue weighted by molar-refractivity contribution is -0.143. The molecule has 0 spiro atoms. The van der Waals surface area contributed by atoms with E-state index in [1.165, 1.54) is 0 Å². The zero-order valence-electron chi connectivity index (χ0n) is 14.8. The van der Waals surface area contributed by atoms with E-state index in [9.17, 15) is 19.8 Å². The van der Waals surface area contributed by atoms with E-state index in [-0.39, 0.29) is 31.2 Å². The van der Waals surface area contributed by atoms with Gasteiger partial charge in [0.25, 0.3) is 0 Å². The fourth-order valence-electron chi connectivity index (χ4n) is 2.56. The normalized spacial score (nSPS) is 11.4. The summed E-state index contributed by atoms with van der Waals surface area (Å²) < 4.78 is 15.8. The summed E-state index contributed by atoms with van der Waals surface area (Å²) in [5, 5.41) is 19.5. The van der Waals surface area contributed by atoms with Crippen molar-refractivity contribution in [3.63, 3.8) is 0 Å². The molecular weight excluding hydrogens is 352 g/mol. The number of rotatable bonds is 8. The molecule has 27 heavy (non-hydrogen) atoms. The van der Waals surface area contributed by atoms with Crippen LogP contribution in [-0.2, 0) is 16.1 Å². The summed E-state index contributed by atoms with van der Waals surface area (Å²) in [6, 6.07) is 7.68. The van der Waals surface area contributed by atoms with E-state index < -0.39 is 29.7 Å². The van der Waals surface area contributed by atoms with Crippen LogP contribution in [0.5, 0.6) is 11.5 Å². The Balaban J connectivity index is 2.53. The maximum Gasteiger partial charge on any atom is 0.306 e. The zero-order chi connectivity index (χ0) is 19.8. The fraction of sp³-hybridized carbons (Fsp3) is 0.300. The minimum atomic E-state index is -0.822. The van der Waals surface area contributed by atoms with E-state index in [1.54, 1.807) is 31.2 Å². The lowest BCUT2D eigenvalue weighted by atomic mass is 9.92. The maximum atomic E-state index is 12.1. The second-order valence-electron chi connectivity index (χ2n) is 5.57. The van der Waals surface area contributed by atoms with Gasteiger partial charge in [-0.15, -0.1) is 6.42 Å². The number of benzene rings is 1. The third kappa shape index (κ3) is 5.12. The van der Waals surface area contributed by atoms with Gasteiger partial charge in [-0.2, -0.15) is 0 Å². The number of aromatic hydroxyl groups is 1. The zero-order valence-corrected chi connectivity index (χ0v) is 14.8. The van der Waals surface area contributed by atoms with Gasteiger partial charge in [-0.1, -0.05) is 18.1 Å². The average Bonchev–Trinajstić information content (AvgIpc) is 2.67. The molecule has 0 amide bonds. The number of aliphatic hydroxyl groups is 1. The maximum absolute atomic E-state index is 12.1. The van der Waals surface area contributed by atoms with Crippen LogP contribution in [0.3, 0.4) is 0 Å². The molecular formula is C20H20O7. The summed E-state index contributed by atoms with van der Waals surface area (Å²) in [5.41, 5.74) is -0.167. The molecule has 0 aliphatic rings. The first-order valence-corrected chi connectivity index (χ1v) is 8.28. The van der Waals surface area contributed by atoms with Crippen molar-refractivity contribution in [3.8, 4) is 23.8 Å². The van der Waals surface area contributed by atoms with E-state index in [1.807, 2.05) is 0 Å². The molecule has 1 aromatic heterocycles. The van der Waals surface area contributed by atoms with Crippen molar-refractivity contribution in [2.24, 2.45) is 0 Å². The lowest BCUT2D eigenvalue weighted by Crippen LogP contribution is -2.15. The first-order chi connectivity index (χ1) is 13.0. The molecule has 1 atom stereocenters. The SMILES string of the molecule is C#CCOc1cccc([C@@H](CC(=O)OCC)c2oc(CO)cc(=O)c2O)c1. The molecule has 0 aliphatic carbocycles. The number of hydrogen-bond donors (Lipinski definition) is 2. The highest BCUT2D eigenvalue weighted by molar-refractivity contribution is 5.71. The number of carbonyl (C=O) groups excluding carboxylic acids is 1. The molecule has 1 heterocycles. The fourth-order valence-corrected chi connectivity index (χ4v) is 2.56. The van der Waals surface area contributed by atoms with Gasteiger partial charge in [0.05, 0.1) is 18.9 Å². The molecule has 7 nitrogen and oxygen atoms in total. The van der Waals surface area contributed by atoms with Gasteiger partial charge in [-0.05, 0) is 24.6 Å². The quantitative estimate of drug-likeness (QED) is 0.539. The van der Waals surface area contributed by atoms with Gasteiger partial charge in [0.2, 0.25) is 11.2 Å². The van der Waals surface area contributed by atoms with Gasteiger partial charge in [0.1, 0.15) is 24.7 Å². The number of ether oxygens (including phenoxy) is 2. The van der Waals surface area contributed by atoms with Gasteiger partial charge >= 0.3 is 5.97 Å². The third-order valence-electron chi connectivity index (χ3n) is 3.73. The van der Waals surface area contributed by atoms with Gasteiger partial charge in [0.15, 0.2) is 5.76 Å².